The molecule has 1 aromatic carbocycles. The van der Waals surface area contributed by atoms with E-state index in [0.29, 0.717) is 0 Å². The molecule has 90 valence electrons. The molecule has 0 unspecified atom stereocenters. The number of carbonyl (C=O) groups is 2. The van der Waals surface area contributed by atoms with E-state index in [2.05, 4.69) is 9.47 Å². The van der Waals surface area contributed by atoms with Crippen molar-refractivity contribution in [2.75, 3.05) is 0 Å². The highest BCUT2D eigenvalue weighted by Gasteiger charge is 2.18. The Morgan fingerprint density at radius 2 is 1.76 bits per heavy atom. The Labute approximate surface area is 96.1 Å². The molecule has 0 atom stereocenters. The zero-order valence-corrected chi connectivity index (χ0v) is 9.13. The van der Waals surface area contributed by atoms with Crippen molar-refractivity contribution in [3.63, 3.8) is 0 Å². The predicted octanol–water partition coefficient (Wildman–Crippen LogP) is 1.45. The highest BCUT2D eigenvalue weighted by molar-refractivity contribution is 5.72. The summed E-state index contributed by atoms with van der Waals surface area (Å²) in [6.07, 6.45) is 0. The topological polar surface area (TPSA) is 95.7 Å². The number of hydrogen-bond donors (Lipinski definition) is 0. The fourth-order valence-corrected chi connectivity index (χ4v) is 1.11. The first-order valence-electron chi connectivity index (χ1n) is 4.55. The van der Waals surface area contributed by atoms with Crippen molar-refractivity contribution in [1.82, 2.24) is 0 Å². The third-order valence-corrected chi connectivity index (χ3v) is 1.64. The SMILES string of the molecule is CC(=O)Oc1ccc(OC(C)=O)c([N+](=O)[O-])c1. The van der Waals surface area contributed by atoms with Gasteiger partial charge in [-0.3, -0.25) is 19.7 Å². The summed E-state index contributed by atoms with van der Waals surface area (Å²) >= 11 is 0. The number of benzene rings is 1. The van der Waals surface area contributed by atoms with E-state index < -0.39 is 22.5 Å². The quantitative estimate of drug-likeness (QED) is 0.343. The smallest absolute Gasteiger partial charge is 0.315 e. The van der Waals surface area contributed by atoms with Crippen LogP contribution in [0.1, 0.15) is 13.8 Å². The summed E-state index contributed by atoms with van der Waals surface area (Å²) < 4.78 is 9.33. The molecule has 0 heterocycles. The highest BCUT2D eigenvalue weighted by Crippen LogP contribution is 2.31. The zero-order chi connectivity index (χ0) is 13.0. The number of nitro benzene ring substituents is 1. The average molecular weight is 239 g/mol. The van der Waals surface area contributed by atoms with Crippen molar-refractivity contribution in [3.05, 3.63) is 28.3 Å². The molecule has 0 spiro atoms. The van der Waals surface area contributed by atoms with Crippen LogP contribution in [0.4, 0.5) is 5.69 Å². The molecule has 1 aromatic rings. The Bertz CT molecular complexity index is 482. The second-order valence-electron chi connectivity index (χ2n) is 3.07. The van der Waals surface area contributed by atoms with Gasteiger partial charge in [0.05, 0.1) is 11.0 Å². The minimum atomic E-state index is -0.731. The van der Waals surface area contributed by atoms with Gasteiger partial charge in [-0.2, -0.15) is 0 Å². The first-order valence-corrected chi connectivity index (χ1v) is 4.55. The fraction of sp³-hybridized carbons (Fsp3) is 0.200. The Balaban J connectivity index is 3.12. The maximum absolute atomic E-state index is 10.7. The Kier molecular flexibility index (Phi) is 3.76. The van der Waals surface area contributed by atoms with Gasteiger partial charge in [-0.05, 0) is 12.1 Å². The molecule has 0 bridgehead atoms. The average Bonchev–Trinajstić information content (AvgIpc) is 2.18. The van der Waals surface area contributed by atoms with Crippen molar-refractivity contribution in [3.8, 4) is 11.5 Å². The molecule has 1 rings (SSSR count). The summed E-state index contributed by atoms with van der Waals surface area (Å²) in [5, 5.41) is 10.7. The monoisotopic (exact) mass is 239 g/mol. The fourth-order valence-electron chi connectivity index (χ4n) is 1.11. The van der Waals surface area contributed by atoms with Gasteiger partial charge in [0.2, 0.25) is 5.75 Å². The molecule has 7 heteroatoms. The first kappa shape index (κ1) is 12.6. The lowest BCUT2D eigenvalue weighted by molar-refractivity contribution is -0.385. The lowest BCUT2D eigenvalue weighted by Crippen LogP contribution is -2.05. The molecular weight excluding hydrogens is 230 g/mol. The number of rotatable bonds is 3. The van der Waals surface area contributed by atoms with Crippen molar-refractivity contribution < 1.29 is 24.0 Å². The maximum atomic E-state index is 10.7. The molecule has 17 heavy (non-hydrogen) atoms. The molecule has 0 aliphatic heterocycles. The molecule has 0 saturated carbocycles. The van der Waals surface area contributed by atoms with E-state index in [1.165, 1.54) is 19.1 Å². The summed E-state index contributed by atoms with van der Waals surface area (Å²) in [5.74, 6) is -1.45. The van der Waals surface area contributed by atoms with Crippen molar-refractivity contribution >= 4 is 17.6 Å². The number of nitrogens with zero attached hydrogens (tertiary/aromatic N) is 1. The molecule has 0 amide bonds. The Hall–Kier alpha value is -2.44. The van der Waals surface area contributed by atoms with Crippen LogP contribution in [0.3, 0.4) is 0 Å². The first-order chi connectivity index (χ1) is 7.90. The molecule has 0 aliphatic rings. The van der Waals surface area contributed by atoms with E-state index in [9.17, 15) is 19.7 Å². The zero-order valence-electron chi connectivity index (χ0n) is 9.13. The van der Waals surface area contributed by atoms with E-state index in [4.69, 9.17) is 0 Å². The van der Waals surface area contributed by atoms with E-state index in [-0.39, 0.29) is 11.5 Å². The van der Waals surface area contributed by atoms with E-state index >= 15 is 0 Å². The number of carbonyl (C=O) groups excluding carboxylic acids is 2. The highest BCUT2D eigenvalue weighted by atomic mass is 16.6. The Morgan fingerprint density at radius 3 is 2.24 bits per heavy atom. The van der Waals surface area contributed by atoms with Crippen LogP contribution in [0, 0.1) is 10.1 Å². The molecule has 0 N–H and O–H groups in total. The third kappa shape index (κ3) is 3.56. The van der Waals surface area contributed by atoms with Crippen molar-refractivity contribution in [1.29, 1.82) is 0 Å². The van der Waals surface area contributed by atoms with E-state index in [1.807, 2.05) is 0 Å². The maximum Gasteiger partial charge on any atom is 0.315 e. The molecule has 0 aromatic heterocycles. The summed E-state index contributed by atoms with van der Waals surface area (Å²) in [6.45, 7) is 2.30. The van der Waals surface area contributed by atoms with Gasteiger partial charge in [0, 0.05) is 13.8 Å². The molecule has 0 aliphatic carbocycles. The normalized spacial score (nSPS) is 9.53. The largest absolute Gasteiger partial charge is 0.426 e. The Morgan fingerprint density at radius 1 is 1.18 bits per heavy atom. The summed E-state index contributed by atoms with van der Waals surface area (Å²) in [6, 6.07) is 3.50. The van der Waals surface area contributed by atoms with Crippen molar-refractivity contribution in [2.24, 2.45) is 0 Å². The van der Waals surface area contributed by atoms with Crippen LogP contribution in [0.15, 0.2) is 18.2 Å². The number of nitro groups is 1. The molecular formula is C10H9NO6. The third-order valence-electron chi connectivity index (χ3n) is 1.64. The summed E-state index contributed by atoms with van der Waals surface area (Å²) in [7, 11) is 0. The standard InChI is InChI=1S/C10H9NO6/c1-6(12)16-8-3-4-10(17-7(2)13)9(5-8)11(14)15/h3-5H,1-2H3. The lowest BCUT2D eigenvalue weighted by Gasteiger charge is -2.05. The van der Waals surface area contributed by atoms with Crippen LogP contribution < -0.4 is 9.47 Å². The number of hydrogen-bond acceptors (Lipinski definition) is 6. The number of ether oxygens (including phenoxy) is 2. The van der Waals surface area contributed by atoms with E-state index in [0.717, 1.165) is 13.0 Å². The van der Waals surface area contributed by atoms with Gasteiger partial charge in [0.15, 0.2) is 0 Å². The minimum Gasteiger partial charge on any atom is -0.426 e. The summed E-state index contributed by atoms with van der Waals surface area (Å²) in [4.78, 5) is 31.4. The minimum absolute atomic E-state index is 0.0140. The number of esters is 2. The van der Waals surface area contributed by atoms with Gasteiger partial charge in [0.1, 0.15) is 5.75 Å². The molecule has 0 radical (unpaired) electrons. The van der Waals surface area contributed by atoms with Crippen LogP contribution in [0.2, 0.25) is 0 Å². The van der Waals surface area contributed by atoms with Gasteiger partial charge in [0.25, 0.3) is 0 Å². The van der Waals surface area contributed by atoms with Gasteiger partial charge in [-0.15, -0.1) is 0 Å². The van der Waals surface area contributed by atoms with Gasteiger partial charge in [-0.1, -0.05) is 0 Å². The second-order valence-corrected chi connectivity index (χ2v) is 3.07. The molecule has 0 fully saturated rings. The van der Waals surface area contributed by atoms with Gasteiger partial charge < -0.3 is 9.47 Å². The summed E-state index contributed by atoms with van der Waals surface area (Å²) in [5.41, 5.74) is -0.445. The lowest BCUT2D eigenvalue weighted by atomic mass is 10.3. The van der Waals surface area contributed by atoms with Crippen LogP contribution in [-0.4, -0.2) is 16.9 Å². The van der Waals surface area contributed by atoms with Gasteiger partial charge >= 0.3 is 17.6 Å². The predicted molar refractivity (Wildman–Crippen MR) is 55.7 cm³/mol. The second kappa shape index (κ2) is 5.06. The molecule has 0 saturated heterocycles. The van der Waals surface area contributed by atoms with Crippen LogP contribution >= 0.6 is 0 Å². The van der Waals surface area contributed by atoms with Crippen LogP contribution in [0.5, 0.6) is 11.5 Å². The molecule has 7 nitrogen and oxygen atoms in total. The van der Waals surface area contributed by atoms with E-state index in [1.54, 1.807) is 0 Å². The van der Waals surface area contributed by atoms with Crippen LogP contribution in [-0.2, 0) is 9.59 Å². The van der Waals surface area contributed by atoms with Gasteiger partial charge in [-0.25, -0.2) is 0 Å². The van der Waals surface area contributed by atoms with Crippen molar-refractivity contribution in [2.45, 2.75) is 13.8 Å². The van der Waals surface area contributed by atoms with Crippen LogP contribution in [0.25, 0.3) is 0 Å².